The molecule has 0 spiro atoms. The normalized spacial score (nSPS) is 17.4. The van der Waals surface area contributed by atoms with E-state index in [9.17, 15) is 0 Å². The third-order valence-corrected chi connectivity index (χ3v) is 8.80. The molecule has 2 aliphatic heterocycles. The lowest BCUT2D eigenvalue weighted by Gasteiger charge is -2.25. The number of fused-ring (bicyclic) bond motifs is 5. The number of amidine groups is 2. The number of nitrogens with one attached hydrogen (secondary N) is 2. The first-order valence-electron chi connectivity index (χ1n) is 15.2. The summed E-state index contributed by atoms with van der Waals surface area (Å²) < 4.78 is 6.39. The second-order valence-corrected chi connectivity index (χ2v) is 11.5. The molecule has 0 saturated heterocycles. The highest BCUT2D eigenvalue weighted by Crippen LogP contribution is 2.41. The van der Waals surface area contributed by atoms with Crippen molar-refractivity contribution in [3.63, 3.8) is 0 Å². The van der Waals surface area contributed by atoms with Crippen LogP contribution in [0.15, 0.2) is 154 Å². The highest BCUT2D eigenvalue weighted by atomic mass is 16.3. The van der Waals surface area contributed by atoms with Crippen LogP contribution in [0.1, 0.15) is 45.8 Å². The molecule has 6 aromatic carbocycles. The van der Waals surface area contributed by atoms with E-state index in [4.69, 9.17) is 14.4 Å². The molecule has 5 heteroatoms. The van der Waals surface area contributed by atoms with Crippen LogP contribution in [0, 0.1) is 0 Å². The van der Waals surface area contributed by atoms with Crippen molar-refractivity contribution >= 4 is 50.3 Å². The van der Waals surface area contributed by atoms with E-state index in [2.05, 4.69) is 108 Å². The van der Waals surface area contributed by atoms with Crippen LogP contribution >= 0.6 is 0 Å². The Labute approximate surface area is 260 Å². The summed E-state index contributed by atoms with van der Waals surface area (Å²) in [6.07, 6.45) is 3.79. The maximum Gasteiger partial charge on any atom is 0.159 e. The van der Waals surface area contributed by atoms with Crippen LogP contribution < -0.4 is 10.6 Å². The molecule has 3 heterocycles. The summed E-state index contributed by atoms with van der Waals surface area (Å²) >= 11 is 0. The molecule has 45 heavy (non-hydrogen) atoms. The number of nitrogens with zero attached hydrogens (tertiary/aromatic N) is 2. The number of benzene rings is 6. The zero-order chi connectivity index (χ0) is 29.7. The zero-order valence-electron chi connectivity index (χ0n) is 24.3. The summed E-state index contributed by atoms with van der Waals surface area (Å²) in [4.78, 5) is 10.0. The predicted octanol–water partition coefficient (Wildman–Crippen LogP) is 8.90. The van der Waals surface area contributed by atoms with Crippen molar-refractivity contribution in [2.24, 2.45) is 9.98 Å². The minimum Gasteiger partial charge on any atom is -0.456 e. The molecule has 2 atom stereocenters. The van der Waals surface area contributed by atoms with Gasteiger partial charge in [0, 0.05) is 28.3 Å². The van der Waals surface area contributed by atoms with Gasteiger partial charge in [-0.1, -0.05) is 115 Å². The van der Waals surface area contributed by atoms with Gasteiger partial charge in [-0.2, -0.15) is 0 Å². The maximum atomic E-state index is 6.39. The molecule has 0 saturated carbocycles. The van der Waals surface area contributed by atoms with Gasteiger partial charge in [0.1, 0.15) is 23.3 Å². The van der Waals surface area contributed by atoms with Gasteiger partial charge in [-0.15, -0.1) is 0 Å². The minimum absolute atomic E-state index is 0.0496. The molecule has 0 bridgehead atoms. The van der Waals surface area contributed by atoms with E-state index >= 15 is 0 Å². The van der Waals surface area contributed by atoms with Crippen LogP contribution in [-0.2, 0) is 0 Å². The van der Waals surface area contributed by atoms with Gasteiger partial charge in [0.25, 0.3) is 0 Å². The standard InChI is InChI=1S/C40H28N4O/c1-3-10-25(11-4-1)38-42-39(26-12-5-2-6-13-26)44-40(43-38)30-18-19-31-29(22-30)16-9-17-32(31)37-36-33-23-27-14-7-8-15-28(27)24-35(33)45-34(36)20-21-41-37/h1-24,37-38,41H,(H,42,43,44). The van der Waals surface area contributed by atoms with Crippen molar-refractivity contribution in [1.82, 2.24) is 10.6 Å². The fourth-order valence-electron chi connectivity index (χ4n) is 6.62. The molecule has 0 aliphatic carbocycles. The lowest BCUT2D eigenvalue weighted by molar-refractivity contribution is 0.582. The Kier molecular flexibility index (Phi) is 5.88. The van der Waals surface area contributed by atoms with E-state index < -0.39 is 0 Å². The van der Waals surface area contributed by atoms with Crippen molar-refractivity contribution < 1.29 is 4.42 Å². The molecule has 2 unspecified atom stereocenters. The van der Waals surface area contributed by atoms with Gasteiger partial charge >= 0.3 is 0 Å². The van der Waals surface area contributed by atoms with E-state index in [1.54, 1.807) is 0 Å². The third-order valence-electron chi connectivity index (χ3n) is 8.80. The Hall–Kier alpha value is -5.94. The first-order chi connectivity index (χ1) is 22.3. The van der Waals surface area contributed by atoms with Crippen LogP contribution in [0.5, 0.6) is 0 Å². The first kappa shape index (κ1) is 25.5. The highest BCUT2D eigenvalue weighted by Gasteiger charge is 2.27. The summed E-state index contributed by atoms with van der Waals surface area (Å²) in [7, 11) is 0. The fourth-order valence-corrected chi connectivity index (χ4v) is 6.62. The number of furan rings is 1. The van der Waals surface area contributed by atoms with Gasteiger partial charge in [-0.05, 0) is 56.9 Å². The van der Waals surface area contributed by atoms with Crippen LogP contribution in [0.25, 0.3) is 38.6 Å². The number of aliphatic imine (C=N–C) groups is 2. The monoisotopic (exact) mass is 580 g/mol. The summed E-state index contributed by atoms with van der Waals surface area (Å²) in [5.41, 5.74) is 6.38. The van der Waals surface area contributed by atoms with Gasteiger partial charge in [-0.3, -0.25) is 0 Å². The van der Waals surface area contributed by atoms with Crippen molar-refractivity contribution in [2.45, 2.75) is 12.2 Å². The lowest BCUT2D eigenvalue weighted by atomic mass is 9.89. The van der Waals surface area contributed by atoms with Crippen molar-refractivity contribution in [2.75, 3.05) is 0 Å². The summed E-state index contributed by atoms with van der Waals surface area (Å²) in [6.45, 7) is 0. The van der Waals surface area contributed by atoms with Crippen molar-refractivity contribution in [3.8, 4) is 0 Å². The molecular weight excluding hydrogens is 552 g/mol. The van der Waals surface area contributed by atoms with Gasteiger partial charge in [0.05, 0.1) is 6.04 Å². The molecule has 0 radical (unpaired) electrons. The minimum atomic E-state index is -0.238. The smallest absolute Gasteiger partial charge is 0.159 e. The molecule has 9 rings (SSSR count). The maximum absolute atomic E-state index is 6.39. The van der Waals surface area contributed by atoms with E-state index in [1.165, 1.54) is 27.3 Å². The summed E-state index contributed by atoms with van der Waals surface area (Å²) in [5, 5.41) is 13.1. The first-order valence-corrected chi connectivity index (χ1v) is 15.2. The van der Waals surface area contributed by atoms with Crippen LogP contribution in [-0.4, -0.2) is 11.7 Å². The second-order valence-electron chi connectivity index (χ2n) is 11.5. The Morgan fingerprint density at radius 2 is 1.38 bits per heavy atom. The number of hydrogen-bond donors (Lipinski definition) is 2. The van der Waals surface area contributed by atoms with Crippen molar-refractivity contribution in [1.29, 1.82) is 0 Å². The quantitative estimate of drug-likeness (QED) is 0.219. The largest absolute Gasteiger partial charge is 0.456 e. The molecule has 5 nitrogen and oxygen atoms in total. The molecular formula is C40H28N4O. The number of hydrogen-bond acceptors (Lipinski definition) is 5. The van der Waals surface area contributed by atoms with Crippen LogP contribution in [0.3, 0.4) is 0 Å². The topological polar surface area (TPSA) is 61.9 Å². The van der Waals surface area contributed by atoms with E-state index in [-0.39, 0.29) is 12.2 Å². The van der Waals surface area contributed by atoms with E-state index in [0.29, 0.717) is 0 Å². The lowest BCUT2D eigenvalue weighted by Crippen LogP contribution is -2.33. The molecule has 7 aromatic rings. The SMILES string of the molecule is C1=Cc2oc3cc4ccccc4cc3c2C(c2cccc3cc(C4=NC(c5ccccc5)=NC(c5ccccc5)N4)ccc23)N1. The van der Waals surface area contributed by atoms with E-state index in [0.717, 1.165) is 50.5 Å². The highest BCUT2D eigenvalue weighted by molar-refractivity contribution is 6.14. The summed E-state index contributed by atoms with van der Waals surface area (Å²) in [5.74, 6) is 2.42. The molecule has 214 valence electrons. The van der Waals surface area contributed by atoms with Crippen LogP contribution in [0.4, 0.5) is 0 Å². The zero-order valence-corrected chi connectivity index (χ0v) is 24.3. The molecule has 2 N–H and O–H groups in total. The van der Waals surface area contributed by atoms with Crippen molar-refractivity contribution in [3.05, 3.63) is 173 Å². The number of rotatable bonds is 4. The average molecular weight is 581 g/mol. The van der Waals surface area contributed by atoms with Crippen LogP contribution in [0.2, 0.25) is 0 Å². The Morgan fingerprint density at radius 1 is 0.622 bits per heavy atom. The Morgan fingerprint density at radius 3 is 2.22 bits per heavy atom. The Balaban J connectivity index is 1.14. The van der Waals surface area contributed by atoms with Gasteiger partial charge in [0.15, 0.2) is 5.84 Å². The summed E-state index contributed by atoms with van der Waals surface area (Å²) in [6, 6.07) is 46.4. The molecule has 1 aromatic heterocycles. The van der Waals surface area contributed by atoms with E-state index in [1.807, 2.05) is 48.7 Å². The molecule has 2 aliphatic rings. The van der Waals surface area contributed by atoms with Gasteiger partial charge in [0.2, 0.25) is 0 Å². The second kappa shape index (κ2) is 10.4. The van der Waals surface area contributed by atoms with Gasteiger partial charge < -0.3 is 15.1 Å². The average Bonchev–Trinajstić information content (AvgIpc) is 3.48. The third kappa shape index (κ3) is 4.40. The van der Waals surface area contributed by atoms with Gasteiger partial charge in [-0.25, -0.2) is 9.98 Å². The Bertz CT molecular complexity index is 2330. The fraction of sp³-hybridized carbons (Fsp3) is 0.0500. The molecule has 0 amide bonds. The predicted molar refractivity (Wildman–Crippen MR) is 184 cm³/mol. The molecule has 0 fully saturated rings.